The molecule has 1 aliphatic carbocycles. The minimum Gasteiger partial charge on any atom is -0.264 e. The maximum Gasteiger partial charge on any atom is 0.0346 e. The smallest absolute Gasteiger partial charge is 0.0346 e. The third kappa shape index (κ3) is 11.9. The molecule has 1 aliphatic rings. The summed E-state index contributed by atoms with van der Waals surface area (Å²) in [5.74, 6) is 0.903. The minimum absolute atomic E-state index is 0.115. The Morgan fingerprint density at radius 3 is 1.94 bits per heavy atom. The van der Waals surface area contributed by atoms with Gasteiger partial charge in [-0.05, 0) is 86.6 Å². The minimum atomic E-state index is 0.115. The van der Waals surface area contributed by atoms with E-state index >= 15 is 0 Å². The zero-order valence-corrected chi connectivity index (χ0v) is 23.5. The van der Waals surface area contributed by atoms with Crippen LogP contribution in [0.15, 0.2) is 97.4 Å². The molecule has 4 rings (SSSR count). The summed E-state index contributed by atoms with van der Waals surface area (Å²) in [7, 11) is 0. The van der Waals surface area contributed by atoms with Crippen LogP contribution in [0.2, 0.25) is 0 Å². The third-order valence-electron chi connectivity index (χ3n) is 5.51. The van der Waals surface area contributed by atoms with Crippen LogP contribution < -0.4 is 0 Å². The quantitative estimate of drug-likeness (QED) is 0.339. The fourth-order valence-corrected chi connectivity index (χ4v) is 3.77. The molecule has 0 N–H and O–H groups in total. The molecule has 0 saturated heterocycles. The molecule has 0 bridgehead atoms. The maximum atomic E-state index is 4.19. The molecule has 1 heterocycles. The van der Waals surface area contributed by atoms with Gasteiger partial charge in [0.25, 0.3) is 0 Å². The van der Waals surface area contributed by atoms with Gasteiger partial charge in [-0.2, -0.15) is 0 Å². The standard InChI is InChI=1S/C18H21N.C10H12.C4H8.C2H6/c1-14(2)12-18(3,4)17-9-5-7-15(11-17)16-8-6-10-19-13-16;1-8-2-4-9(5-3-8)10-6-7-10;1-4(2)3;1-2/h5-11,13H,1,12H2,2-4H3;2-5,10H,6-7H2,1H3;1H2,2-3H3;1-2H3. The Kier molecular flexibility index (Phi) is 13.0. The van der Waals surface area contributed by atoms with E-state index in [1.54, 1.807) is 6.20 Å². The van der Waals surface area contributed by atoms with Gasteiger partial charge in [-0.1, -0.05) is 99.0 Å². The van der Waals surface area contributed by atoms with Gasteiger partial charge >= 0.3 is 0 Å². The SMILES string of the molecule is C=C(C)C.C=C(C)CC(C)(C)c1cccc(-c2cccnc2)c1.CC.Cc1ccc(C2CC2)cc1. The van der Waals surface area contributed by atoms with Crippen LogP contribution in [0.3, 0.4) is 0 Å². The van der Waals surface area contributed by atoms with Crippen molar-refractivity contribution in [3.8, 4) is 11.1 Å². The normalized spacial score (nSPS) is 12.0. The molecule has 3 aromatic rings. The Hall–Kier alpha value is -2.93. The fourth-order valence-electron chi connectivity index (χ4n) is 3.77. The molecular formula is C34H47N. The van der Waals surface area contributed by atoms with E-state index in [9.17, 15) is 0 Å². The van der Waals surface area contributed by atoms with Gasteiger partial charge < -0.3 is 0 Å². The van der Waals surface area contributed by atoms with E-state index in [1.807, 2.05) is 40.0 Å². The highest BCUT2D eigenvalue weighted by atomic mass is 14.6. The first-order valence-electron chi connectivity index (χ1n) is 12.9. The zero-order valence-electron chi connectivity index (χ0n) is 23.5. The van der Waals surface area contributed by atoms with Gasteiger partial charge in [0.2, 0.25) is 0 Å². The van der Waals surface area contributed by atoms with Crippen molar-refractivity contribution >= 4 is 0 Å². The van der Waals surface area contributed by atoms with E-state index in [4.69, 9.17) is 0 Å². The molecule has 1 nitrogen and oxygen atoms in total. The second-order valence-corrected chi connectivity index (χ2v) is 10.2. The molecule has 0 spiro atoms. The lowest BCUT2D eigenvalue weighted by Gasteiger charge is -2.26. The number of benzene rings is 2. The second kappa shape index (κ2) is 15.1. The molecular weight excluding hydrogens is 422 g/mol. The molecule has 0 aliphatic heterocycles. The number of rotatable bonds is 5. The van der Waals surface area contributed by atoms with Crippen LogP contribution in [0.4, 0.5) is 0 Å². The van der Waals surface area contributed by atoms with Crippen molar-refractivity contribution in [1.82, 2.24) is 4.98 Å². The van der Waals surface area contributed by atoms with Gasteiger partial charge in [0.1, 0.15) is 0 Å². The predicted octanol–water partition coefficient (Wildman–Crippen LogP) is 10.5. The van der Waals surface area contributed by atoms with Crippen LogP contribution in [0.5, 0.6) is 0 Å². The Morgan fingerprint density at radius 1 is 0.886 bits per heavy atom. The van der Waals surface area contributed by atoms with Gasteiger partial charge in [-0.3, -0.25) is 4.98 Å². The third-order valence-corrected chi connectivity index (χ3v) is 5.51. The number of nitrogens with zero attached hydrogens (tertiary/aromatic N) is 1. The Bertz CT molecular complexity index is 1020. The number of pyridine rings is 1. The predicted molar refractivity (Wildman–Crippen MR) is 157 cm³/mol. The van der Waals surface area contributed by atoms with Crippen LogP contribution >= 0.6 is 0 Å². The van der Waals surface area contributed by atoms with Gasteiger partial charge in [0.15, 0.2) is 0 Å². The van der Waals surface area contributed by atoms with Gasteiger partial charge in [0, 0.05) is 12.4 Å². The highest BCUT2D eigenvalue weighted by Crippen LogP contribution is 2.39. The van der Waals surface area contributed by atoms with Crippen LogP contribution in [0.25, 0.3) is 11.1 Å². The Balaban J connectivity index is 0.000000318. The van der Waals surface area contributed by atoms with Gasteiger partial charge in [-0.25, -0.2) is 0 Å². The van der Waals surface area contributed by atoms with Crippen molar-refractivity contribution < 1.29 is 0 Å². The van der Waals surface area contributed by atoms with Crippen LogP contribution in [-0.2, 0) is 5.41 Å². The lowest BCUT2D eigenvalue weighted by Crippen LogP contribution is -2.17. The lowest BCUT2D eigenvalue weighted by atomic mass is 9.79. The van der Waals surface area contributed by atoms with E-state index in [-0.39, 0.29) is 5.41 Å². The number of aryl methyl sites for hydroxylation is 1. The fraction of sp³-hybridized carbons (Fsp3) is 0.382. The van der Waals surface area contributed by atoms with Crippen LogP contribution in [0.1, 0.15) is 90.3 Å². The lowest BCUT2D eigenvalue weighted by molar-refractivity contribution is 0.521. The Labute approximate surface area is 216 Å². The monoisotopic (exact) mass is 469 g/mol. The summed E-state index contributed by atoms with van der Waals surface area (Å²) < 4.78 is 0. The van der Waals surface area contributed by atoms with Crippen molar-refractivity contribution in [2.24, 2.45) is 0 Å². The van der Waals surface area contributed by atoms with E-state index in [0.717, 1.165) is 17.9 Å². The molecule has 0 amide bonds. The molecule has 0 unspecified atom stereocenters. The zero-order chi connectivity index (χ0) is 26.4. The summed E-state index contributed by atoms with van der Waals surface area (Å²) in [5.41, 5.74) is 9.13. The summed E-state index contributed by atoms with van der Waals surface area (Å²) in [6, 6.07) is 21.7. The van der Waals surface area contributed by atoms with Crippen molar-refractivity contribution in [2.75, 3.05) is 0 Å². The molecule has 2 aromatic carbocycles. The number of hydrogen-bond acceptors (Lipinski definition) is 1. The first-order valence-corrected chi connectivity index (χ1v) is 12.9. The summed E-state index contributed by atoms with van der Waals surface area (Å²) >= 11 is 0. The number of hydrogen-bond donors (Lipinski definition) is 0. The average molecular weight is 470 g/mol. The summed E-state index contributed by atoms with van der Waals surface area (Å²) in [4.78, 5) is 4.19. The van der Waals surface area contributed by atoms with E-state index in [1.165, 1.54) is 46.2 Å². The molecule has 0 atom stereocenters. The molecule has 35 heavy (non-hydrogen) atoms. The molecule has 1 fully saturated rings. The molecule has 188 valence electrons. The average Bonchev–Trinajstić information content (AvgIpc) is 3.67. The summed E-state index contributed by atoms with van der Waals surface area (Å²) in [6.45, 7) is 24.3. The number of allylic oxidation sites excluding steroid dienone is 2. The molecule has 1 aromatic heterocycles. The first kappa shape index (κ1) is 30.1. The van der Waals surface area contributed by atoms with E-state index in [2.05, 4.69) is 100 Å². The highest BCUT2D eigenvalue weighted by molar-refractivity contribution is 5.63. The van der Waals surface area contributed by atoms with E-state index < -0.39 is 0 Å². The largest absolute Gasteiger partial charge is 0.264 e. The molecule has 1 saturated carbocycles. The van der Waals surface area contributed by atoms with Crippen molar-refractivity contribution in [1.29, 1.82) is 0 Å². The molecule has 1 heteroatoms. The summed E-state index contributed by atoms with van der Waals surface area (Å²) in [5, 5.41) is 0. The topological polar surface area (TPSA) is 12.9 Å². The van der Waals surface area contributed by atoms with E-state index in [0.29, 0.717) is 0 Å². The maximum absolute atomic E-state index is 4.19. The number of aromatic nitrogens is 1. The second-order valence-electron chi connectivity index (χ2n) is 10.2. The molecule has 0 radical (unpaired) electrons. The van der Waals surface area contributed by atoms with Crippen LogP contribution in [0, 0.1) is 6.92 Å². The van der Waals surface area contributed by atoms with Crippen molar-refractivity contribution in [2.45, 2.75) is 86.0 Å². The van der Waals surface area contributed by atoms with Crippen LogP contribution in [-0.4, -0.2) is 4.98 Å². The highest BCUT2D eigenvalue weighted by Gasteiger charge is 2.22. The van der Waals surface area contributed by atoms with Gasteiger partial charge in [0.05, 0.1) is 0 Å². The summed E-state index contributed by atoms with van der Waals surface area (Å²) in [6.07, 6.45) is 7.53. The first-order chi connectivity index (χ1) is 16.6. The van der Waals surface area contributed by atoms with Crippen molar-refractivity contribution in [3.05, 3.63) is 114 Å². The van der Waals surface area contributed by atoms with Gasteiger partial charge in [-0.15, -0.1) is 13.2 Å². The Morgan fingerprint density at radius 2 is 1.46 bits per heavy atom. The van der Waals surface area contributed by atoms with Crippen molar-refractivity contribution in [3.63, 3.8) is 0 Å².